The van der Waals surface area contributed by atoms with Gasteiger partial charge in [0, 0.05) is 16.5 Å². The zero-order valence-electron chi connectivity index (χ0n) is 29.6. The Hall–Kier alpha value is -4.47. The van der Waals surface area contributed by atoms with E-state index in [-0.39, 0.29) is 5.41 Å². The highest BCUT2D eigenvalue weighted by atomic mass is 32.1. The van der Waals surface area contributed by atoms with Gasteiger partial charge >= 0.3 is 0 Å². The Bertz CT molecular complexity index is 2660. The molecule has 8 aromatic rings. The van der Waals surface area contributed by atoms with Gasteiger partial charge in [0.25, 0.3) is 0 Å². The number of nitrogens with zero attached hydrogens (tertiary/aromatic N) is 2. The number of benzene rings is 6. The van der Waals surface area contributed by atoms with Crippen molar-refractivity contribution >= 4 is 80.0 Å². The van der Waals surface area contributed by atoms with Crippen molar-refractivity contribution in [2.75, 3.05) is 0 Å². The van der Waals surface area contributed by atoms with Gasteiger partial charge in [-0.3, -0.25) is 0 Å². The maximum Gasteiger partial charge on any atom is 0.124 e. The second-order valence-electron chi connectivity index (χ2n) is 16.3. The SMILES string of the molecule is CC1(C)c2cc3sc(-c4ccc5c(c4)-c4ccccc4[Si]5(C)C)nc3cc2-c2cc3nc(-c4ccc5c(c4)-c4ccccc4[Si]5(C)C)sc3cc21. The molecule has 1 aliphatic carbocycles. The summed E-state index contributed by atoms with van der Waals surface area (Å²) in [5.41, 5.74) is 15.5. The van der Waals surface area contributed by atoms with Gasteiger partial charge in [0.05, 0.1) is 20.4 Å². The van der Waals surface area contributed by atoms with Crippen molar-refractivity contribution in [2.24, 2.45) is 0 Å². The summed E-state index contributed by atoms with van der Waals surface area (Å²) in [7, 11) is -3.36. The predicted octanol–water partition coefficient (Wildman–Crippen LogP) is 10.2. The van der Waals surface area contributed by atoms with Crippen LogP contribution in [0.25, 0.3) is 75.0 Å². The quantitative estimate of drug-likeness (QED) is 0.166. The first-order valence-electron chi connectivity index (χ1n) is 17.9. The zero-order valence-corrected chi connectivity index (χ0v) is 33.2. The molecule has 0 spiro atoms. The molecule has 3 aliphatic rings. The van der Waals surface area contributed by atoms with E-state index in [0.717, 1.165) is 21.0 Å². The first-order valence-corrected chi connectivity index (χ1v) is 25.5. The smallest absolute Gasteiger partial charge is 0.124 e. The zero-order chi connectivity index (χ0) is 34.6. The third kappa shape index (κ3) is 3.96. The first-order chi connectivity index (χ1) is 24.5. The number of fused-ring (bicyclic) bond motifs is 11. The molecule has 2 aromatic heterocycles. The molecule has 2 aliphatic heterocycles. The Balaban J connectivity index is 0.996. The summed E-state index contributed by atoms with van der Waals surface area (Å²) in [6.07, 6.45) is 0. The van der Waals surface area contributed by atoms with Crippen LogP contribution >= 0.6 is 22.7 Å². The summed E-state index contributed by atoms with van der Waals surface area (Å²) < 4.78 is 2.51. The lowest BCUT2D eigenvalue weighted by Crippen LogP contribution is -2.49. The fourth-order valence-corrected chi connectivity index (χ4v) is 17.6. The first kappa shape index (κ1) is 30.2. The maximum absolute atomic E-state index is 5.28. The maximum atomic E-state index is 5.28. The minimum Gasteiger partial charge on any atom is -0.236 e. The van der Waals surface area contributed by atoms with Crippen molar-refractivity contribution in [1.82, 2.24) is 9.97 Å². The normalized spacial score (nSPS) is 16.5. The van der Waals surface area contributed by atoms with Crippen LogP contribution in [0.15, 0.2) is 109 Å². The van der Waals surface area contributed by atoms with Crippen molar-refractivity contribution < 1.29 is 0 Å². The molecule has 6 heteroatoms. The lowest BCUT2D eigenvalue weighted by molar-refractivity contribution is 0.662. The molecule has 0 saturated carbocycles. The van der Waals surface area contributed by atoms with Gasteiger partial charge in [0.15, 0.2) is 0 Å². The second kappa shape index (κ2) is 9.89. The Kier molecular flexibility index (Phi) is 5.86. The number of thiazole rings is 2. The van der Waals surface area contributed by atoms with E-state index in [9.17, 15) is 0 Å². The summed E-state index contributed by atoms with van der Waals surface area (Å²) in [6, 6.07) is 41.8. The van der Waals surface area contributed by atoms with Crippen LogP contribution in [0.2, 0.25) is 26.2 Å². The van der Waals surface area contributed by atoms with Gasteiger partial charge in [0.1, 0.15) is 26.2 Å². The summed E-state index contributed by atoms with van der Waals surface area (Å²) >= 11 is 3.65. The minimum absolute atomic E-state index is 0.109. The van der Waals surface area contributed by atoms with E-state index in [2.05, 4.69) is 149 Å². The van der Waals surface area contributed by atoms with Gasteiger partial charge in [-0.15, -0.1) is 22.7 Å². The Morgan fingerprint density at radius 1 is 0.451 bits per heavy atom. The fraction of sp³-hybridized carbons (Fsp3) is 0.156. The fourth-order valence-electron chi connectivity index (χ4n) is 9.53. The molecule has 0 saturated heterocycles. The molecule has 0 unspecified atom stereocenters. The van der Waals surface area contributed by atoms with Crippen molar-refractivity contribution in [3.63, 3.8) is 0 Å². The lowest BCUT2D eigenvalue weighted by Gasteiger charge is -2.21. The van der Waals surface area contributed by atoms with Crippen molar-refractivity contribution in [1.29, 1.82) is 0 Å². The average molecular weight is 725 g/mol. The summed E-state index contributed by atoms with van der Waals surface area (Å²) in [5.74, 6) is 0. The van der Waals surface area contributed by atoms with Crippen LogP contribution in [0.5, 0.6) is 0 Å². The Morgan fingerprint density at radius 2 is 0.863 bits per heavy atom. The van der Waals surface area contributed by atoms with E-state index < -0.39 is 16.1 Å². The molecule has 11 rings (SSSR count). The summed E-state index contributed by atoms with van der Waals surface area (Å²) in [4.78, 5) is 10.6. The molecular formula is C45H36N2S2Si2. The molecule has 0 N–H and O–H groups in total. The minimum atomic E-state index is -1.68. The largest absolute Gasteiger partial charge is 0.236 e. The van der Waals surface area contributed by atoms with E-state index in [4.69, 9.17) is 9.97 Å². The van der Waals surface area contributed by atoms with Crippen LogP contribution < -0.4 is 20.7 Å². The number of hydrogen-bond donors (Lipinski definition) is 0. The topological polar surface area (TPSA) is 25.8 Å². The molecule has 0 radical (unpaired) electrons. The predicted molar refractivity (Wildman–Crippen MR) is 226 cm³/mol. The van der Waals surface area contributed by atoms with E-state index >= 15 is 0 Å². The highest BCUT2D eigenvalue weighted by Gasteiger charge is 2.40. The number of rotatable bonds is 2. The molecule has 51 heavy (non-hydrogen) atoms. The molecule has 4 heterocycles. The van der Waals surface area contributed by atoms with Crippen LogP contribution in [0.1, 0.15) is 25.0 Å². The van der Waals surface area contributed by atoms with Crippen molar-refractivity contribution in [2.45, 2.75) is 45.5 Å². The summed E-state index contributed by atoms with van der Waals surface area (Å²) in [5, 5.41) is 8.36. The number of hydrogen-bond acceptors (Lipinski definition) is 4. The van der Waals surface area contributed by atoms with Crippen molar-refractivity contribution in [3.8, 4) is 54.5 Å². The standard InChI is InChI=1S/C45H36N2S2Si2/c1-45(2)33-23-37-35(46-43(48-37)25-15-17-41-31(19-25)27-11-7-9-13-39(27)50(41,3)4)21-29(33)30-22-36-38(24-34(30)45)49-44(47-36)26-16-18-42-32(20-26)28-12-8-10-14-40(28)51(42,5)6/h7-24H,1-6H3. The molecule has 0 atom stereocenters. The Morgan fingerprint density at radius 3 is 1.31 bits per heavy atom. The van der Waals surface area contributed by atoms with Crippen LogP contribution in [-0.2, 0) is 5.41 Å². The molecule has 6 aromatic carbocycles. The Labute approximate surface area is 308 Å². The van der Waals surface area contributed by atoms with Gasteiger partial charge in [-0.25, -0.2) is 9.97 Å². The second-order valence-corrected chi connectivity index (χ2v) is 27.0. The third-order valence-electron chi connectivity index (χ3n) is 12.4. The van der Waals surface area contributed by atoms with Gasteiger partial charge in [0.2, 0.25) is 0 Å². The molecular weight excluding hydrogens is 689 g/mol. The van der Waals surface area contributed by atoms with Gasteiger partial charge < -0.3 is 0 Å². The van der Waals surface area contributed by atoms with Gasteiger partial charge in [-0.1, -0.05) is 113 Å². The van der Waals surface area contributed by atoms with Gasteiger partial charge in [-0.05, 0) is 102 Å². The van der Waals surface area contributed by atoms with Gasteiger partial charge in [-0.2, -0.15) is 0 Å². The molecule has 0 amide bonds. The molecule has 2 nitrogen and oxygen atoms in total. The van der Waals surface area contributed by atoms with Crippen LogP contribution in [-0.4, -0.2) is 26.1 Å². The van der Waals surface area contributed by atoms with Crippen LogP contribution in [0.3, 0.4) is 0 Å². The van der Waals surface area contributed by atoms with E-state index in [0.29, 0.717) is 0 Å². The highest BCUT2D eigenvalue weighted by Crippen LogP contribution is 2.52. The third-order valence-corrected chi connectivity index (χ3v) is 21.6. The van der Waals surface area contributed by atoms with E-state index in [1.165, 1.54) is 75.4 Å². The van der Waals surface area contributed by atoms with Crippen molar-refractivity contribution in [3.05, 3.63) is 120 Å². The highest BCUT2D eigenvalue weighted by molar-refractivity contribution is 7.22. The average Bonchev–Trinajstić information content (AvgIpc) is 3.90. The van der Waals surface area contributed by atoms with E-state index in [1.807, 2.05) is 22.7 Å². The number of aromatic nitrogens is 2. The molecule has 0 bridgehead atoms. The summed E-state index contributed by atoms with van der Waals surface area (Å²) in [6.45, 7) is 14.7. The molecule has 0 fully saturated rings. The molecule has 246 valence electrons. The van der Waals surface area contributed by atoms with E-state index in [1.54, 1.807) is 10.4 Å². The van der Waals surface area contributed by atoms with Crippen LogP contribution in [0, 0.1) is 0 Å². The lowest BCUT2D eigenvalue weighted by atomic mass is 9.82. The monoisotopic (exact) mass is 724 g/mol. The van der Waals surface area contributed by atoms with Crippen LogP contribution in [0.4, 0.5) is 0 Å².